The van der Waals surface area contributed by atoms with Gasteiger partial charge in [-0.05, 0) is 64.9 Å². The van der Waals surface area contributed by atoms with E-state index in [9.17, 15) is 9.59 Å². The predicted octanol–water partition coefficient (Wildman–Crippen LogP) is 8.71. The van der Waals surface area contributed by atoms with E-state index in [1.165, 1.54) is 20.3 Å². The van der Waals surface area contributed by atoms with Crippen molar-refractivity contribution in [2.24, 2.45) is 5.92 Å². The minimum atomic E-state index is -1.85. The van der Waals surface area contributed by atoms with E-state index in [1.54, 1.807) is 0 Å². The fraction of sp³-hybridized carbons (Fsp3) is 0.714. The number of carbonyl (C=O) groups excluding carboxylic acids is 2. The molecule has 1 aliphatic carbocycles. The van der Waals surface area contributed by atoms with Gasteiger partial charge in [0.25, 0.3) is 0 Å². The second-order valence-electron chi connectivity index (χ2n) is 11.6. The largest absolute Gasteiger partial charge is 0.509 e. The molecule has 0 saturated heterocycles. The number of amides is 1. The van der Waals surface area contributed by atoms with Crippen LogP contribution in [0.3, 0.4) is 0 Å². The van der Waals surface area contributed by atoms with Gasteiger partial charge in [0.15, 0.2) is 5.60 Å². The van der Waals surface area contributed by atoms with Gasteiger partial charge in [0, 0.05) is 0 Å². The van der Waals surface area contributed by atoms with Crippen LogP contribution in [0.2, 0.25) is 0 Å². The number of rotatable bonds is 9. The van der Waals surface area contributed by atoms with Gasteiger partial charge >= 0.3 is 12.2 Å². The van der Waals surface area contributed by atoms with Crippen LogP contribution in [-0.2, 0) is 14.2 Å². The first-order chi connectivity index (χ1) is 17.1. The second-order valence-corrected chi connectivity index (χ2v) is 13.8. The van der Waals surface area contributed by atoms with Gasteiger partial charge in [0.1, 0.15) is 11.7 Å². The molecule has 1 fully saturated rings. The van der Waals surface area contributed by atoms with Crippen molar-refractivity contribution in [3.8, 4) is 0 Å². The lowest BCUT2D eigenvalue weighted by atomic mass is 9.82. The number of ether oxygens (including phenoxy) is 3. The summed E-state index contributed by atoms with van der Waals surface area (Å²) in [5.41, 5.74) is -0.998. The van der Waals surface area contributed by atoms with E-state index >= 15 is 0 Å². The SMILES string of the molecule is C[C@H](C[C@H](OC(=O)OC(C)(C)C(Cl)(Cl)Cl)[C@H](CC1CCCCC1)NC(=O)OC(C)(C)C)c1ccccc1. The summed E-state index contributed by atoms with van der Waals surface area (Å²) in [5, 5.41) is 3.00. The topological polar surface area (TPSA) is 73.9 Å². The van der Waals surface area contributed by atoms with Gasteiger partial charge < -0.3 is 19.5 Å². The molecule has 1 aliphatic rings. The molecule has 1 saturated carbocycles. The third kappa shape index (κ3) is 11.1. The van der Waals surface area contributed by atoms with Gasteiger partial charge in [-0.3, -0.25) is 0 Å². The van der Waals surface area contributed by atoms with Crippen LogP contribution in [0, 0.1) is 5.92 Å². The van der Waals surface area contributed by atoms with Crippen molar-refractivity contribution in [1.82, 2.24) is 5.32 Å². The Morgan fingerprint density at radius 1 is 0.973 bits per heavy atom. The van der Waals surface area contributed by atoms with Crippen molar-refractivity contribution in [3.05, 3.63) is 35.9 Å². The average molecular weight is 579 g/mol. The molecule has 9 heteroatoms. The standard InChI is InChI=1S/C28H42Cl3NO5/c1-19(21-15-11-8-12-16-21)17-23(35-25(34)37-27(5,6)28(29,30)31)22(18-20-13-9-7-10-14-20)32-24(33)36-26(2,3)4/h8,11-12,15-16,19-20,22-23H,7,9-10,13-14,17-18H2,1-6H3,(H,32,33)/t19-,22+,23+/m1/s1. The van der Waals surface area contributed by atoms with Crippen LogP contribution in [0.15, 0.2) is 30.3 Å². The third-order valence-electron chi connectivity index (χ3n) is 6.69. The normalized spacial score (nSPS) is 17.9. The molecule has 0 aliphatic heterocycles. The number of alkyl carbamates (subject to hydrolysis) is 1. The molecule has 1 N–H and O–H groups in total. The number of halogens is 3. The molecule has 3 atom stereocenters. The van der Waals surface area contributed by atoms with Crippen LogP contribution in [-0.4, -0.2) is 39.4 Å². The highest BCUT2D eigenvalue weighted by Gasteiger charge is 2.45. The summed E-state index contributed by atoms with van der Waals surface area (Å²) >= 11 is 18.0. The summed E-state index contributed by atoms with van der Waals surface area (Å²) < 4.78 is 15.0. The Morgan fingerprint density at radius 2 is 1.57 bits per heavy atom. The summed E-state index contributed by atoms with van der Waals surface area (Å²) in [5.74, 6) is 0.440. The lowest BCUT2D eigenvalue weighted by Gasteiger charge is -2.35. The van der Waals surface area contributed by atoms with Crippen LogP contribution in [0.4, 0.5) is 9.59 Å². The van der Waals surface area contributed by atoms with Gasteiger partial charge in [0.05, 0.1) is 6.04 Å². The number of hydrogen-bond donors (Lipinski definition) is 1. The Labute approximate surface area is 237 Å². The Morgan fingerprint density at radius 3 is 2.11 bits per heavy atom. The van der Waals surface area contributed by atoms with Crippen LogP contribution in [0.5, 0.6) is 0 Å². The lowest BCUT2D eigenvalue weighted by molar-refractivity contribution is -0.0457. The first-order valence-electron chi connectivity index (χ1n) is 13.1. The average Bonchev–Trinajstić information content (AvgIpc) is 2.77. The van der Waals surface area contributed by atoms with E-state index in [-0.39, 0.29) is 5.92 Å². The lowest BCUT2D eigenvalue weighted by Crippen LogP contribution is -2.49. The van der Waals surface area contributed by atoms with E-state index < -0.39 is 39.4 Å². The molecule has 0 bridgehead atoms. The number of alkyl halides is 3. The number of nitrogens with one attached hydrogen (secondary N) is 1. The molecule has 0 spiro atoms. The number of hydrogen-bond acceptors (Lipinski definition) is 5. The van der Waals surface area contributed by atoms with Gasteiger partial charge in [-0.2, -0.15) is 0 Å². The molecule has 1 amide bonds. The zero-order valence-electron chi connectivity index (χ0n) is 22.8. The Balaban J connectivity index is 2.32. The molecule has 0 unspecified atom stereocenters. The monoisotopic (exact) mass is 577 g/mol. The number of benzene rings is 1. The molecule has 6 nitrogen and oxygen atoms in total. The minimum Gasteiger partial charge on any atom is -0.444 e. The molecular formula is C28H42Cl3NO5. The van der Waals surface area contributed by atoms with Gasteiger partial charge in [-0.25, -0.2) is 9.59 Å². The highest BCUT2D eigenvalue weighted by atomic mass is 35.6. The van der Waals surface area contributed by atoms with E-state index in [2.05, 4.69) is 12.2 Å². The summed E-state index contributed by atoms with van der Waals surface area (Å²) in [4.78, 5) is 25.8. The maximum atomic E-state index is 13.0. The first-order valence-corrected chi connectivity index (χ1v) is 14.2. The van der Waals surface area contributed by atoms with Crippen LogP contribution in [0.25, 0.3) is 0 Å². The zero-order chi connectivity index (χ0) is 27.9. The Hall–Kier alpha value is -1.37. The van der Waals surface area contributed by atoms with Crippen molar-refractivity contribution < 1.29 is 23.8 Å². The highest BCUT2D eigenvalue weighted by Crippen LogP contribution is 2.41. The van der Waals surface area contributed by atoms with Gasteiger partial charge in [-0.15, -0.1) is 0 Å². The smallest absolute Gasteiger partial charge is 0.444 e. The van der Waals surface area contributed by atoms with Crippen LogP contribution < -0.4 is 5.32 Å². The molecule has 0 radical (unpaired) electrons. The maximum absolute atomic E-state index is 13.0. The van der Waals surface area contributed by atoms with E-state index in [0.717, 1.165) is 31.2 Å². The van der Waals surface area contributed by atoms with Crippen molar-refractivity contribution >= 4 is 47.1 Å². The third-order valence-corrected chi connectivity index (χ3v) is 8.05. The zero-order valence-corrected chi connectivity index (χ0v) is 25.1. The molecule has 2 rings (SSSR count). The molecule has 0 heterocycles. The summed E-state index contributed by atoms with van der Waals surface area (Å²) in [6.45, 7) is 10.5. The summed E-state index contributed by atoms with van der Waals surface area (Å²) in [7, 11) is 0. The quantitative estimate of drug-likeness (QED) is 0.234. The number of carbonyl (C=O) groups is 2. The fourth-order valence-corrected chi connectivity index (χ4v) is 4.63. The first kappa shape index (κ1) is 31.8. The van der Waals surface area contributed by atoms with E-state index in [4.69, 9.17) is 49.0 Å². The van der Waals surface area contributed by atoms with Crippen molar-refractivity contribution in [1.29, 1.82) is 0 Å². The molecular weight excluding hydrogens is 537 g/mol. The molecule has 0 aromatic heterocycles. The molecule has 37 heavy (non-hydrogen) atoms. The highest BCUT2D eigenvalue weighted by molar-refractivity contribution is 6.68. The van der Waals surface area contributed by atoms with Crippen LogP contribution >= 0.6 is 34.8 Å². The van der Waals surface area contributed by atoms with Gasteiger partial charge in [-0.1, -0.05) is 104 Å². The summed E-state index contributed by atoms with van der Waals surface area (Å²) in [6.07, 6.45) is 4.56. The molecule has 210 valence electrons. The van der Waals surface area contributed by atoms with Crippen molar-refractivity contribution in [3.63, 3.8) is 0 Å². The van der Waals surface area contributed by atoms with Gasteiger partial charge in [0.2, 0.25) is 3.79 Å². The molecule has 1 aromatic carbocycles. The van der Waals surface area contributed by atoms with E-state index in [1.807, 2.05) is 51.1 Å². The van der Waals surface area contributed by atoms with Crippen molar-refractivity contribution in [2.45, 2.75) is 120 Å². The summed E-state index contributed by atoms with van der Waals surface area (Å²) in [6, 6.07) is 9.48. The fourth-order valence-electron chi connectivity index (χ4n) is 4.52. The molecule has 1 aromatic rings. The predicted molar refractivity (Wildman–Crippen MR) is 150 cm³/mol. The Bertz CT molecular complexity index is 861. The van der Waals surface area contributed by atoms with Crippen LogP contribution in [0.1, 0.15) is 98.0 Å². The van der Waals surface area contributed by atoms with E-state index in [0.29, 0.717) is 18.8 Å². The van der Waals surface area contributed by atoms with Crippen molar-refractivity contribution in [2.75, 3.05) is 0 Å². The minimum absolute atomic E-state index is 0.0366. The maximum Gasteiger partial charge on any atom is 0.509 e. The Kier molecular flexibility index (Phi) is 11.7. The second kappa shape index (κ2) is 13.6.